The average molecular weight is 275 g/mol. The van der Waals surface area contributed by atoms with Crippen LogP contribution in [0.5, 0.6) is 0 Å². The van der Waals surface area contributed by atoms with Crippen LogP contribution in [0.15, 0.2) is 0 Å². The highest BCUT2D eigenvalue weighted by Gasteiger charge is 2.21. The van der Waals surface area contributed by atoms with Crippen molar-refractivity contribution in [3.63, 3.8) is 0 Å². The van der Waals surface area contributed by atoms with Crippen LogP contribution in [-0.4, -0.2) is 48.2 Å². The summed E-state index contributed by atoms with van der Waals surface area (Å²) in [6.45, 7) is 1.89. The van der Waals surface area contributed by atoms with Crippen LogP contribution in [0.25, 0.3) is 0 Å². The molecule has 5 N–H and O–H groups in total. The van der Waals surface area contributed by atoms with Gasteiger partial charge in [0, 0.05) is 6.54 Å². The summed E-state index contributed by atoms with van der Waals surface area (Å²) in [6, 6.07) is -2.21. The molecule has 0 spiro atoms. The minimum atomic E-state index is -1.40. The number of amides is 3. The third-order valence-electron chi connectivity index (χ3n) is 1.93. The Kier molecular flexibility index (Phi) is 7.66. The fourth-order valence-corrected chi connectivity index (χ4v) is 1.12. The zero-order valence-electron chi connectivity index (χ0n) is 10.5. The molecule has 0 aromatic heterocycles. The molecule has 0 aliphatic rings. The lowest BCUT2D eigenvalue weighted by molar-refractivity contribution is -0.143. The van der Waals surface area contributed by atoms with Gasteiger partial charge in [0.25, 0.3) is 0 Å². The summed E-state index contributed by atoms with van der Waals surface area (Å²) in [7, 11) is 0. The van der Waals surface area contributed by atoms with Crippen LogP contribution >= 0.6 is 0 Å². The summed E-state index contributed by atoms with van der Waals surface area (Å²) >= 11 is 0. The summed E-state index contributed by atoms with van der Waals surface area (Å²) in [6.07, 6.45) is -0.546. The maximum absolute atomic E-state index is 11.3. The third kappa shape index (κ3) is 8.41. The maximum atomic E-state index is 11.3. The van der Waals surface area contributed by atoms with E-state index < -0.39 is 36.3 Å². The molecular weight excluding hydrogens is 258 g/mol. The normalized spacial score (nSPS) is 11.2. The first-order valence-electron chi connectivity index (χ1n) is 5.57. The smallest absolute Gasteiger partial charge is 0.326 e. The fraction of sp³-hybridized carbons (Fsp3) is 0.600. The number of rotatable bonds is 8. The molecule has 0 radical (unpaired) electrons. The number of nitrogens with one attached hydrogen (secondary N) is 2. The van der Waals surface area contributed by atoms with Gasteiger partial charge in [-0.1, -0.05) is 0 Å². The molecule has 0 fully saturated rings. The van der Waals surface area contributed by atoms with E-state index in [0.29, 0.717) is 0 Å². The average Bonchev–Trinajstić information content (AvgIpc) is 2.27. The molecule has 0 unspecified atom stereocenters. The van der Waals surface area contributed by atoms with Crippen LogP contribution in [0.3, 0.4) is 0 Å². The number of urea groups is 1. The number of carbonyl (C=O) groups is 4. The summed E-state index contributed by atoms with van der Waals surface area (Å²) in [4.78, 5) is 43.6. The Morgan fingerprint density at radius 3 is 2.42 bits per heavy atom. The Hall–Kier alpha value is -2.32. The summed E-state index contributed by atoms with van der Waals surface area (Å²) in [5.74, 6) is -2.70. The molecule has 0 rings (SSSR count). The molecule has 19 heavy (non-hydrogen) atoms. The second-order valence-electron chi connectivity index (χ2n) is 3.52. The SMILES string of the molecule is CCOC(=O)CCNC(=O)N[C@H](CC(N)=O)C(=O)O. The maximum Gasteiger partial charge on any atom is 0.326 e. The number of nitrogens with two attached hydrogens (primary N) is 1. The molecule has 0 aromatic carbocycles. The van der Waals surface area contributed by atoms with Gasteiger partial charge in [-0.25, -0.2) is 9.59 Å². The van der Waals surface area contributed by atoms with E-state index >= 15 is 0 Å². The van der Waals surface area contributed by atoms with Crippen molar-refractivity contribution in [3.8, 4) is 0 Å². The van der Waals surface area contributed by atoms with Gasteiger partial charge in [-0.05, 0) is 6.92 Å². The highest BCUT2D eigenvalue weighted by Crippen LogP contribution is 1.92. The minimum absolute atomic E-state index is 0.00637. The molecule has 0 bridgehead atoms. The molecule has 0 saturated heterocycles. The number of ether oxygens (including phenoxy) is 1. The van der Waals surface area contributed by atoms with Gasteiger partial charge in [0.1, 0.15) is 6.04 Å². The van der Waals surface area contributed by atoms with Crippen LogP contribution < -0.4 is 16.4 Å². The standard InChI is InChI=1S/C10H17N3O6/c1-2-19-8(15)3-4-12-10(18)13-6(9(16)17)5-7(11)14/h6H,2-5H2,1H3,(H2,11,14)(H,16,17)(H2,12,13,18)/t6-/m1/s1. The van der Waals surface area contributed by atoms with E-state index in [1.165, 1.54) is 0 Å². The first kappa shape index (κ1) is 16.7. The molecule has 0 aliphatic heterocycles. The molecule has 0 heterocycles. The van der Waals surface area contributed by atoms with Gasteiger partial charge in [-0.2, -0.15) is 0 Å². The van der Waals surface area contributed by atoms with Gasteiger partial charge in [0.15, 0.2) is 0 Å². The Balaban J connectivity index is 4.03. The second kappa shape index (κ2) is 8.72. The van der Waals surface area contributed by atoms with Crippen LogP contribution in [0.1, 0.15) is 19.8 Å². The van der Waals surface area contributed by atoms with Gasteiger partial charge >= 0.3 is 18.0 Å². The van der Waals surface area contributed by atoms with Crippen LogP contribution in [0.2, 0.25) is 0 Å². The lowest BCUT2D eigenvalue weighted by Crippen LogP contribution is -2.48. The van der Waals surface area contributed by atoms with E-state index in [1.54, 1.807) is 6.92 Å². The lowest BCUT2D eigenvalue weighted by Gasteiger charge is -2.13. The van der Waals surface area contributed by atoms with Crippen molar-refractivity contribution in [2.45, 2.75) is 25.8 Å². The van der Waals surface area contributed by atoms with Crippen LogP contribution in [0.4, 0.5) is 4.79 Å². The topological polar surface area (TPSA) is 148 Å². The quantitative estimate of drug-likeness (QED) is 0.399. The number of esters is 1. The molecule has 0 saturated carbocycles. The Labute approximate surface area is 109 Å². The number of primary amides is 1. The van der Waals surface area contributed by atoms with Gasteiger partial charge < -0.3 is 26.2 Å². The van der Waals surface area contributed by atoms with Gasteiger partial charge in [-0.15, -0.1) is 0 Å². The monoisotopic (exact) mass is 275 g/mol. The molecule has 3 amide bonds. The lowest BCUT2D eigenvalue weighted by atomic mass is 10.2. The zero-order valence-corrected chi connectivity index (χ0v) is 10.5. The van der Waals surface area contributed by atoms with Crippen molar-refractivity contribution in [3.05, 3.63) is 0 Å². The summed E-state index contributed by atoms with van der Waals surface area (Å²) in [5.41, 5.74) is 4.84. The number of aliphatic carboxylic acids is 1. The van der Waals surface area contributed by atoms with E-state index in [9.17, 15) is 19.2 Å². The molecule has 0 aliphatic carbocycles. The number of hydrogen-bond donors (Lipinski definition) is 4. The van der Waals surface area contributed by atoms with Crippen molar-refractivity contribution in [1.82, 2.24) is 10.6 Å². The third-order valence-corrected chi connectivity index (χ3v) is 1.93. The molecule has 1 atom stereocenters. The van der Waals surface area contributed by atoms with E-state index in [0.717, 1.165) is 0 Å². The van der Waals surface area contributed by atoms with Crippen LogP contribution in [-0.2, 0) is 19.1 Å². The van der Waals surface area contributed by atoms with Crippen molar-refractivity contribution < 1.29 is 29.0 Å². The van der Waals surface area contributed by atoms with Crippen molar-refractivity contribution in [2.24, 2.45) is 5.73 Å². The predicted octanol–water partition coefficient (Wildman–Crippen LogP) is -1.43. The zero-order chi connectivity index (χ0) is 14.8. The summed E-state index contributed by atoms with van der Waals surface area (Å²) in [5, 5.41) is 13.0. The van der Waals surface area contributed by atoms with E-state index in [4.69, 9.17) is 10.8 Å². The molecule has 9 nitrogen and oxygen atoms in total. The first-order chi connectivity index (χ1) is 8.86. The van der Waals surface area contributed by atoms with Crippen molar-refractivity contribution >= 4 is 23.9 Å². The Morgan fingerprint density at radius 2 is 1.95 bits per heavy atom. The van der Waals surface area contributed by atoms with E-state index in [2.05, 4.69) is 15.4 Å². The number of carboxylic acids is 1. The number of hydrogen-bond acceptors (Lipinski definition) is 5. The van der Waals surface area contributed by atoms with E-state index in [1.807, 2.05) is 0 Å². The highest BCUT2D eigenvalue weighted by molar-refractivity contribution is 5.87. The minimum Gasteiger partial charge on any atom is -0.480 e. The van der Waals surface area contributed by atoms with Crippen LogP contribution in [0, 0.1) is 0 Å². The Morgan fingerprint density at radius 1 is 1.32 bits per heavy atom. The molecule has 0 aromatic rings. The number of carboxylic acid groups (broad SMARTS) is 1. The predicted molar refractivity (Wildman–Crippen MR) is 63.0 cm³/mol. The Bertz CT molecular complexity index is 357. The fourth-order valence-electron chi connectivity index (χ4n) is 1.12. The van der Waals surface area contributed by atoms with Gasteiger partial charge in [-0.3, -0.25) is 9.59 Å². The van der Waals surface area contributed by atoms with Gasteiger partial charge in [0.2, 0.25) is 5.91 Å². The van der Waals surface area contributed by atoms with Crippen molar-refractivity contribution in [2.75, 3.05) is 13.2 Å². The number of carbonyl (C=O) groups excluding carboxylic acids is 3. The summed E-state index contributed by atoms with van der Waals surface area (Å²) < 4.78 is 4.63. The van der Waals surface area contributed by atoms with Crippen molar-refractivity contribution in [1.29, 1.82) is 0 Å². The van der Waals surface area contributed by atoms with E-state index in [-0.39, 0.29) is 19.6 Å². The first-order valence-corrected chi connectivity index (χ1v) is 5.57. The molecular formula is C10H17N3O6. The molecule has 108 valence electrons. The largest absolute Gasteiger partial charge is 0.480 e. The molecule has 9 heteroatoms. The second-order valence-corrected chi connectivity index (χ2v) is 3.52. The van der Waals surface area contributed by atoms with Gasteiger partial charge in [0.05, 0.1) is 19.4 Å². The highest BCUT2D eigenvalue weighted by atomic mass is 16.5.